The number of hydrogen-bond donors (Lipinski definition) is 2. The standard InChI is InChI=1S/C37H27ClF7N3O4/c1-20(46)47-35(50)31(16-21-2-4-22(5-3-21)25-8-13-30(39)29(38)18-25)48-34(49)28-17-24(23-6-10-26(11-7-23)36(40,41)42)9-14-32(28)51-19-27-12-15-33(52-27)37(43,44)45/h2-15,17-18,31H,16,19H2,1H3,(H,48,49)(H2,46,47,50)/t31-/m1/s1. The van der Waals surface area contributed by atoms with Crippen LogP contribution >= 0.6 is 11.6 Å². The Morgan fingerprint density at radius 2 is 1.42 bits per heavy atom. The van der Waals surface area contributed by atoms with Crippen molar-refractivity contribution in [2.45, 2.75) is 38.3 Å². The number of alkyl halides is 6. The maximum absolute atomic E-state index is 13.9. The van der Waals surface area contributed by atoms with Gasteiger partial charge < -0.3 is 20.2 Å². The topological polar surface area (TPSA) is 107 Å². The molecule has 52 heavy (non-hydrogen) atoms. The van der Waals surface area contributed by atoms with Crippen LogP contribution in [0.2, 0.25) is 5.02 Å². The summed E-state index contributed by atoms with van der Waals surface area (Å²) in [7, 11) is 0. The van der Waals surface area contributed by atoms with E-state index in [1.165, 1.54) is 49.4 Å². The summed E-state index contributed by atoms with van der Waals surface area (Å²) in [6, 6.07) is 19.7. The average molecular weight is 746 g/mol. The number of amidine groups is 1. The highest BCUT2D eigenvalue weighted by molar-refractivity contribution is 6.31. The maximum Gasteiger partial charge on any atom is 0.449 e. The van der Waals surface area contributed by atoms with Gasteiger partial charge in [-0.3, -0.25) is 9.59 Å². The number of nitrogens with one attached hydrogen (secondary N) is 1. The number of ether oxygens (including phenoxy) is 1. The molecular formula is C37H27ClF7N3O4. The first-order chi connectivity index (χ1) is 24.5. The number of rotatable bonds is 10. The molecule has 270 valence electrons. The molecule has 5 aromatic rings. The molecule has 0 bridgehead atoms. The number of nitrogens with two attached hydrogens (primary N) is 1. The van der Waals surface area contributed by atoms with E-state index in [2.05, 4.69) is 10.3 Å². The third-order valence-corrected chi connectivity index (χ3v) is 7.91. The summed E-state index contributed by atoms with van der Waals surface area (Å²) in [5.41, 5.74) is 7.05. The molecule has 1 atom stereocenters. The van der Waals surface area contributed by atoms with Gasteiger partial charge in [0.15, 0.2) is 0 Å². The van der Waals surface area contributed by atoms with Crippen LogP contribution in [0, 0.1) is 5.82 Å². The van der Waals surface area contributed by atoms with E-state index in [0.29, 0.717) is 27.8 Å². The Bertz CT molecular complexity index is 2110. The summed E-state index contributed by atoms with van der Waals surface area (Å²) >= 11 is 5.91. The molecule has 0 aliphatic rings. The van der Waals surface area contributed by atoms with Crippen LogP contribution < -0.4 is 15.8 Å². The summed E-state index contributed by atoms with van der Waals surface area (Å²) in [5, 5.41) is 2.54. The Hall–Kier alpha value is -5.63. The predicted molar refractivity (Wildman–Crippen MR) is 179 cm³/mol. The normalized spacial score (nSPS) is 12.8. The zero-order valence-corrected chi connectivity index (χ0v) is 27.7. The van der Waals surface area contributed by atoms with E-state index in [0.717, 1.165) is 24.3 Å². The molecule has 0 aliphatic heterocycles. The van der Waals surface area contributed by atoms with Gasteiger partial charge in [-0.2, -0.15) is 31.3 Å². The van der Waals surface area contributed by atoms with Crippen molar-refractivity contribution in [3.8, 4) is 28.0 Å². The van der Waals surface area contributed by atoms with Crippen LogP contribution in [-0.2, 0) is 30.2 Å². The molecule has 7 nitrogen and oxygen atoms in total. The summed E-state index contributed by atoms with van der Waals surface area (Å²) in [4.78, 5) is 30.9. The van der Waals surface area contributed by atoms with E-state index in [4.69, 9.17) is 26.5 Å². The second-order valence-corrected chi connectivity index (χ2v) is 11.9. The fourth-order valence-electron chi connectivity index (χ4n) is 5.05. The lowest BCUT2D eigenvalue weighted by Gasteiger charge is -2.18. The fraction of sp³-hybridized carbons (Fsp3) is 0.162. The van der Waals surface area contributed by atoms with Crippen molar-refractivity contribution in [3.63, 3.8) is 0 Å². The Labute approximate surface area is 296 Å². The summed E-state index contributed by atoms with van der Waals surface area (Å²) in [5.74, 6) is -3.95. The highest BCUT2D eigenvalue weighted by atomic mass is 35.5. The molecule has 4 aromatic carbocycles. The number of nitrogens with zero attached hydrogens (tertiary/aromatic N) is 1. The van der Waals surface area contributed by atoms with Gasteiger partial charge in [-0.05, 0) is 83.3 Å². The zero-order valence-electron chi connectivity index (χ0n) is 26.9. The van der Waals surface area contributed by atoms with Gasteiger partial charge >= 0.3 is 12.4 Å². The lowest BCUT2D eigenvalue weighted by Crippen LogP contribution is -2.42. The second kappa shape index (κ2) is 15.3. The van der Waals surface area contributed by atoms with Crippen molar-refractivity contribution >= 4 is 29.3 Å². The molecule has 5 rings (SSSR count). The molecule has 1 aromatic heterocycles. The lowest BCUT2D eigenvalue weighted by atomic mass is 9.99. The molecule has 1 heterocycles. The first-order valence-electron chi connectivity index (χ1n) is 15.3. The third kappa shape index (κ3) is 9.37. The Kier molecular flexibility index (Phi) is 11.1. The van der Waals surface area contributed by atoms with Gasteiger partial charge in [-0.1, -0.05) is 60.1 Å². The van der Waals surface area contributed by atoms with Crippen LogP contribution in [0.3, 0.4) is 0 Å². The van der Waals surface area contributed by atoms with Gasteiger partial charge in [0.05, 0.1) is 22.0 Å². The number of amides is 2. The molecule has 0 saturated heterocycles. The number of halogens is 8. The van der Waals surface area contributed by atoms with Crippen molar-refractivity contribution in [2.24, 2.45) is 10.7 Å². The fourth-order valence-corrected chi connectivity index (χ4v) is 5.23. The Balaban J connectivity index is 1.45. The first kappa shape index (κ1) is 37.6. The van der Waals surface area contributed by atoms with Crippen LogP contribution in [0.4, 0.5) is 30.7 Å². The molecular weight excluding hydrogens is 719 g/mol. The quantitative estimate of drug-likeness (QED) is 0.0842. The monoisotopic (exact) mass is 745 g/mol. The van der Waals surface area contributed by atoms with E-state index in [-0.39, 0.29) is 34.4 Å². The number of carbonyl (C=O) groups is 2. The predicted octanol–water partition coefficient (Wildman–Crippen LogP) is 9.27. The van der Waals surface area contributed by atoms with E-state index >= 15 is 0 Å². The number of furan rings is 1. The molecule has 0 fully saturated rings. The summed E-state index contributed by atoms with van der Waals surface area (Å²) < 4.78 is 103. The van der Waals surface area contributed by atoms with E-state index in [1.54, 1.807) is 30.3 Å². The molecule has 0 unspecified atom stereocenters. The van der Waals surface area contributed by atoms with Crippen LogP contribution in [0.1, 0.15) is 39.9 Å². The van der Waals surface area contributed by atoms with Gasteiger partial charge in [0, 0.05) is 6.42 Å². The molecule has 2 amide bonds. The van der Waals surface area contributed by atoms with Crippen LogP contribution in [0.5, 0.6) is 5.75 Å². The maximum atomic E-state index is 13.9. The highest BCUT2D eigenvalue weighted by Crippen LogP contribution is 2.34. The Morgan fingerprint density at radius 1 is 0.827 bits per heavy atom. The molecule has 0 spiro atoms. The van der Waals surface area contributed by atoms with Gasteiger partial charge in [0.2, 0.25) is 5.76 Å². The minimum atomic E-state index is -4.74. The number of hydrogen-bond acceptors (Lipinski definition) is 4. The van der Waals surface area contributed by atoms with Crippen molar-refractivity contribution in [2.75, 3.05) is 0 Å². The van der Waals surface area contributed by atoms with Gasteiger partial charge in [-0.15, -0.1) is 0 Å². The minimum Gasteiger partial charge on any atom is -0.485 e. The molecule has 0 saturated carbocycles. The molecule has 15 heteroatoms. The number of aliphatic imine (C=N–C) groups is 1. The van der Waals surface area contributed by atoms with Crippen molar-refractivity contribution in [1.82, 2.24) is 5.32 Å². The molecule has 0 radical (unpaired) electrons. The van der Waals surface area contributed by atoms with Gasteiger partial charge in [-0.25, -0.2) is 4.39 Å². The smallest absolute Gasteiger partial charge is 0.449 e. The third-order valence-electron chi connectivity index (χ3n) is 7.62. The first-order valence-corrected chi connectivity index (χ1v) is 15.7. The van der Waals surface area contributed by atoms with Gasteiger partial charge in [0.25, 0.3) is 11.8 Å². The number of carbonyl (C=O) groups excluding carboxylic acids is 2. The average Bonchev–Trinajstić information content (AvgIpc) is 3.58. The van der Waals surface area contributed by atoms with E-state index in [9.17, 15) is 40.3 Å². The van der Waals surface area contributed by atoms with Crippen molar-refractivity contribution in [1.29, 1.82) is 0 Å². The second-order valence-electron chi connectivity index (χ2n) is 11.5. The van der Waals surface area contributed by atoms with Crippen molar-refractivity contribution < 1.29 is 49.5 Å². The largest absolute Gasteiger partial charge is 0.485 e. The van der Waals surface area contributed by atoms with Gasteiger partial charge in [0.1, 0.15) is 30.0 Å². The lowest BCUT2D eigenvalue weighted by molar-refractivity contribution is -0.153. The van der Waals surface area contributed by atoms with Crippen LogP contribution in [-0.4, -0.2) is 23.7 Å². The summed E-state index contributed by atoms with van der Waals surface area (Å²) in [6.07, 6.45) is -9.40. The zero-order chi connectivity index (χ0) is 37.8. The van der Waals surface area contributed by atoms with E-state index in [1.807, 2.05) is 0 Å². The van der Waals surface area contributed by atoms with Crippen LogP contribution in [0.25, 0.3) is 22.3 Å². The number of benzene rings is 4. The summed E-state index contributed by atoms with van der Waals surface area (Å²) in [6.45, 7) is 0.846. The molecule has 3 N–H and O–H groups in total. The minimum absolute atomic E-state index is 0.0640. The Morgan fingerprint density at radius 3 is 2.00 bits per heavy atom. The van der Waals surface area contributed by atoms with E-state index < -0.39 is 54.0 Å². The SMILES string of the molecule is CC(N)=NC(=O)[C@@H](Cc1ccc(-c2ccc(F)c(Cl)c2)cc1)NC(=O)c1cc(-c2ccc(C(F)(F)F)cc2)ccc1OCc1ccc(C(F)(F)F)o1. The highest BCUT2D eigenvalue weighted by Gasteiger charge is 2.35. The molecule has 0 aliphatic carbocycles. The van der Waals surface area contributed by atoms with Crippen molar-refractivity contribution in [3.05, 3.63) is 136 Å². The van der Waals surface area contributed by atoms with Crippen LogP contribution in [0.15, 0.2) is 106 Å².